The van der Waals surface area contributed by atoms with Crippen LogP contribution in [0.25, 0.3) is 32.2 Å². The third kappa shape index (κ3) is 2.57. The molecule has 0 spiro atoms. The summed E-state index contributed by atoms with van der Waals surface area (Å²) in [5, 5.41) is 1.26. The van der Waals surface area contributed by atoms with Gasteiger partial charge in [0.2, 0.25) is 10.9 Å². The predicted octanol–water partition coefficient (Wildman–Crippen LogP) is 2.11. The summed E-state index contributed by atoms with van der Waals surface area (Å²) in [6.45, 7) is -0.0142. The molecule has 2 aromatic carbocycles. The van der Waals surface area contributed by atoms with Gasteiger partial charge in [0.05, 0.1) is 6.54 Å². The molecule has 2 N–H and O–H groups in total. The second kappa shape index (κ2) is 6.39. The first kappa shape index (κ1) is 17.3. The summed E-state index contributed by atoms with van der Waals surface area (Å²) in [5.74, 6) is 0. The van der Waals surface area contributed by atoms with E-state index in [4.69, 9.17) is 0 Å². The molecular formula is C21H13N3O4S. The minimum atomic E-state index is -0.742. The van der Waals surface area contributed by atoms with E-state index in [1.165, 1.54) is 12.4 Å². The lowest BCUT2D eigenvalue weighted by atomic mass is 10.1. The molecule has 0 unspecified atom stereocenters. The van der Waals surface area contributed by atoms with Gasteiger partial charge in [0.25, 0.3) is 11.1 Å². The summed E-state index contributed by atoms with van der Waals surface area (Å²) in [7, 11) is 0. The molecule has 3 heterocycles. The normalized spacial score (nSPS) is 11.4. The molecule has 0 atom stereocenters. The van der Waals surface area contributed by atoms with E-state index in [-0.39, 0.29) is 28.4 Å². The van der Waals surface area contributed by atoms with E-state index in [1.54, 1.807) is 11.3 Å². The summed E-state index contributed by atoms with van der Waals surface area (Å²) < 4.78 is 0.951. The van der Waals surface area contributed by atoms with Gasteiger partial charge in [-0.2, -0.15) is 0 Å². The first-order valence-electron chi connectivity index (χ1n) is 8.81. The van der Waals surface area contributed by atoms with Crippen molar-refractivity contribution in [1.82, 2.24) is 14.5 Å². The van der Waals surface area contributed by atoms with Gasteiger partial charge < -0.3 is 9.97 Å². The van der Waals surface area contributed by atoms with Gasteiger partial charge >= 0.3 is 0 Å². The van der Waals surface area contributed by atoms with E-state index in [0.29, 0.717) is 0 Å². The fourth-order valence-electron chi connectivity index (χ4n) is 3.54. The highest BCUT2D eigenvalue weighted by Gasteiger charge is 2.22. The van der Waals surface area contributed by atoms with Crippen LogP contribution in [-0.4, -0.2) is 14.5 Å². The summed E-state index contributed by atoms with van der Waals surface area (Å²) in [6, 6.07) is 11.4. The minimum Gasteiger partial charge on any atom is -0.355 e. The molecule has 0 saturated heterocycles. The van der Waals surface area contributed by atoms with E-state index in [9.17, 15) is 19.2 Å². The number of nitrogens with one attached hydrogen (secondary N) is 2. The summed E-state index contributed by atoms with van der Waals surface area (Å²) in [6.07, 6.45) is 2.90. The standard InChI is InChI=1S/C21H13N3O4S/c25-18-14-15(19(26)17-16(18)22-7-8-23-17)21(28)24(20(14)27)10-11-3-5-12(6-4-11)13-2-1-9-29-13/h1-9,22-23H,10H2. The highest BCUT2D eigenvalue weighted by molar-refractivity contribution is 7.13. The maximum Gasteiger partial charge on any atom is 0.266 e. The maximum atomic E-state index is 12.8. The van der Waals surface area contributed by atoms with Gasteiger partial charge in [0.1, 0.15) is 21.8 Å². The van der Waals surface area contributed by atoms with Crippen molar-refractivity contribution in [3.63, 3.8) is 0 Å². The van der Waals surface area contributed by atoms with E-state index < -0.39 is 22.0 Å². The lowest BCUT2D eigenvalue weighted by Gasteiger charge is -2.03. The lowest BCUT2D eigenvalue weighted by molar-refractivity contribution is 0.754. The molecule has 0 aliphatic heterocycles. The number of fused-ring (bicyclic) bond motifs is 2. The predicted molar refractivity (Wildman–Crippen MR) is 113 cm³/mol. The van der Waals surface area contributed by atoms with Crippen LogP contribution in [0.2, 0.25) is 0 Å². The maximum absolute atomic E-state index is 12.8. The lowest BCUT2D eigenvalue weighted by Crippen LogP contribution is -2.27. The van der Waals surface area contributed by atoms with Crippen molar-refractivity contribution in [3.05, 3.63) is 101 Å². The van der Waals surface area contributed by atoms with E-state index >= 15 is 0 Å². The Labute approximate surface area is 165 Å². The Balaban J connectivity index is 1.67. The van der Waals surface area contributed by atoms with Crippen LogP contribution in [0.3, 0.4) is 0 Å². The Kier molecular flexibility index (Phi) is 3.82. The fourth-order valence-corrected chi connectivity index (χ4v) is 4.28. The molecule has 0 aliphatic rings. The second-order valence-electron chi connectivity index (χ2n) is 6.65. The largest absolute Gasteiger partial charge is 0.355 e. The third-order valence-corrected chi connectivity index (χ3v) is 5.88. The molecular weight excluding hydrogens is 390 g/mol. The molecule has 0 amide bonds. The Morgan fingerprint density at radius 2 is 1.38 bits per heavy atom. The Hall–Kier alpha value is -3.78. The van der Waals surface area contributed by atoms with Gasteiger partial charge in [0.15, 0.2) is 0 Å². The number of hydrogen-bond donors (Lipinski definition) is 2. The van der Waals surface area contributed by atoms with Crippen LogP contribution >= 0.6 is 11.3 Å². The molecule has 29 heavy (non-hydrogen) atoms. The third-order valence-electron chi connectivity index (χ3n) is 4.97. The number of rotatable bonds is 3. The van der Waals surface area contributed by atoms with Crippen LogP contribution in [0.1, 0.15) is 5.56 Å². The van der Waals surface area contributed by atoms with Crippen LogP contribution in [0.15, 0.2) is 73.4 Å². The molecule has 0 bridgehead atoms. The summed E-state index contributed by atoms with van der Waals surface area (Å²) >= 11 is 1.62. The topological polar surface area (TPSA) is 105 Å². The molecule has 142 valence electrons. The number of nitrogens with zero attached hydrogens (tertiary/aromatic N) is 1. The molecule has 0 radical (unpaired) electrons. The van der Waals surface area contributed by atoms with E-state index in [1.807, 2.05) is 41.8 Å². The number of benzene rings is 2. The van der Waals surface area contributed by atoms with E-state index in [0.717, 1.165) is 20.6 Å². The molecule has 0 aliphatic carbocycles. The van der Waals surface area contributed by atoms with Crippen molar-refractivity contribution < 1.29 is 0 Å². The molecule has 8 heteroatoms. The average molecular weight is 403 g/mol. The fraction of sp³-hybridized carbons (Fsp3) is 0.0476. The number of hydrogen-bond acceptors (Lipinski definition) is 5. The Morgan fingerprint density at radius 3 is 1.90 bits per heavy atom. The molecule has 0 saturated carbocycles. The first-order chi connectivity index (χ1) is 14.1. The molecule has 5 rings (SSSR count). The number of aromatic amines is 2. The zero-order valence-electron chi connectivity index (χ0n) is 14.9. The van der Waals surface area contributed by atoms with Crippen LogP contribution < -0.4 is 22.0 Å². The Morgan fingerprint density at radius 1 is 0.793 bits per heavy atom. The number of H-pyrrole nitrogens is 2. The van der Waals surface area contributed by atoms with Gasteiger partial charge in [-0.15, -0.1) is 11.3 Å². The van der Waals surface area contributed by atoms with Crippen LogP contribution in [0, 0.1) is 0 Å². The van der Waals surface area contributed by atoms with Crippen molar-refractivity contribution in [1.29, 1.82) is 0 Å². The van der Waals surface area contributed by atoms with Crippen molar-refractivity contribution in [3.8, 4) is 10.4 Å². The molecule has 5 aromatic rings. The van der Waals surface area contributed by atoms with Gasteiger partial charge in [-0.3, -0.25) is 23.7 Å². The number of aromatic nitrogens is 3. The van der Waals surface area contributed by atoms with Gasteiger partial charge in [-0.05, 0) is 22.6 Å². The quantitative estimate of drug-likeness (QED) is 0.481. The summed E-state index contributed by atoms with van der Waals surface area (Å²) in [4.78, 5) is 57.6. The molecule has 0 fully saturated rings. The zero-order valence-corrected chi connectivity index (χ0v) is 15.7. The SMILES string of the molecule is O=c1c2[nH]cc[nH]c2c(=O)c2c(=O)n(Cc3ccc(-c4cccs4)cc3)c(=O)c12. The van der Waals surface area contributed by atoms with Gasteiger partial charge in [0, 0.05) is 17.3 Å². The smallest absolute Gasteiger partial charge is 0.266 e. The van der Waals surface area contributed by atoms with Gasteiger partial charge in [-0.1, -0.05) is 30.3 Å². The van der Waals surface area contributed by atoms with E-state index in [2.05, 4.69) is 9.97 Å². The molecule has 3 aromatic heterocycles. The van der Waals surface area contributed by atoms with Gasteiger partial charge in [-0.25, -0.2) is 0 Å². The van der Waals surface area contributed by atoms with Crippen LogP contribution in [0.5, 0.6) is 0 Å². The monoisotopic (exact) mass is 403 g/mol. The minimum absolute atomic E-state index is 0.0142. The van der Waals surface area contributed by atoms with Crippen LogP contribution in [-0.2, 0) is 6.54 Å². The van der Waals surface area contributed by atoms with Crippen molar-refractivity contribution in [2.45, 2.75) is 6.54 Å². The first-order valence-corrected chi connectivity index (χ1v) is 9.69. The summed E-state index contributed by atoms with van der Waals surface area (Å²) in [5.41, 5.74) is -1.06. The van der Waals surface area contributed by atoms with Crippen molar-refractivity contribution in [2.75, 3.05) is 0 Å². The highest BCUT2D eigenvalue weighted by Crippen LogP contribution is 2.24. The molecule has 7 nitrogen and oxygen atoms in total. The Bertz CT molecular complexity index is 1510. The van der Waals surface area contributed by atoms with Crippen molar-refractivity contribution >= 4 is 33.1 Å². The number of thiophene rings is 1. The zero-order chi connectivity index (χ0) is 20.1. The highest BCUT2D eigenvalue weighted by atomic mass is 32.1. The average Bonchev–Trinajstić information content (AvgIpc) is 3.36. The van der Waals surface area contributed by atoms with Crippen LogP contribution in [0.4, 0.5) is 0 Å². The van der Waals surface area contributed by atoms with Crippen molar-refractivity contribution in [2.24, 2.45) is 0 Å². The second-order valence-corrected chi connectivity index (χ2v) is 7.60.